The van der Waals surface area contributed by atoms with E-state index in [1.54, 1.807) is 16.7 Å². The largest absolute Gasteiger partial charge is 0.378 e. The Kier molecular flexibility index (Phi) is 7.84. The smallest absolute Gasteiger partial charge is 0.319 e. The number of hydrogen-bond donors (Lipinski definition) is 3. The van der Waals surface area contributed by atoms with Crippen LogP contribution >= 0.6 is 11.8 Å². The SMILES string of the molecule is CSCc1cc(N2CCOCC2)nc(-c2ccc(NC(=O)NCCN3CCNC3=O)cc2)n1. The van der Waals surface area contributed by atoms with Gasteiger partial charge >= 0.3 is 12.1 Å². The molecule has 33 heavy (non-hydrogen) atoms. The molecule has 2 aromatic rings. The Morgan fingerprint density at radius 1 is 1.18 bits per heavy atom. The Morgan fingerprint density at radius 3 is 2.67 bits per heavy atom. The molecule has 2 saturated heterocycles. The van der Waals surface area contributed by atoms with Crippen molar-refractivity contribution in [1.29, 1.82) is 0 Å². The van der Waals surface area contributed by atoms with E-state index in [1.165, 1.54) is 0 Å². The third kappa shape index (κ3) is 6.26. The average Bonchev–Trinajstić information content (AvgIpc) is 3.25. The van der Waals surface area contributed by atoms with Crippen LogP contribution in [0.5, 0.6) is 0 Å². The van der Waals surface area contributed by atoms with Crippen LogP contribution in [0.15, 0.2) is 30.3 Å². The molecule has 10 nitrogen and oxygen atoms in total. The zero-order valence-corrected chi connectivity index (χ0v) is 19.5. The predicted molar refractivity (Wildman–Crippen MR) is 130 cm³/mol. The summed E-state index contributed by atoms with van der Waals surface area (Å²) < 4.78 is 5.46. The summed E-state index contributed by atoms with van der Waals surface area (Å²) in [5.74, 6) is 2.40. The maximum absolute atomic E-state index is 12.2. The number of amides is 4. The molecular weight excluding hydrogens is 442 g/mol. The van der Waals surface area contributed by atoms with E-state index in [0.717, 1.165) is 35.9 Å². The molecule has 2 aliphatic rings. The molecule has 2 fully saturated rings. The van der Waals surface area contributed by atoms with Gasteiger partial charge in [-0.1, -0.05) is 0 Å². The van der Waals surface area contributed by atoms with Gasteiger partial charge < -0.3 is 30.5 Å². The maximum Gasteiger partial charge on any atom is 0.319 e. The van der Waals surface area contributed by atoms with Crippen LogP contribution in [0.2, 0.25) is 0 Å². The Labute approximate surface area is 197 Å². The lowest BCUT2D eigenvalue weighted by Gasteiger charge is -2.28. The normalized spacial score (nSPS) is 16.0. The topological polar surface area (TPSA) is 112 Å². The molecule has 0 aliphatic carbocycles. The molecule has 0 saturated carbocycles. The molecule has 1 aromatic heterocycles. The van der Waals surface area contributed by atoms with Crippen molar-refractivity contribution in [2.75, 3.05) is 69.0 Å². The summed E-state index contributed by atoms with van der Waals surface area (Å²) in [5.41, 5.74) is 2.55. The molecule has 4 rings (SSSR count). The minimum absolute atomic E-state index is 0.0895. The van der Waals surface area contributed by atoms with Gasteiger partial charge in [0.2, 0.25) is 0 Å². The molecule has 0 unspecified atom stereocenters. The third-order valence-corrected chi connectivity index (χ3v) is 5.99. The quantitative estimate of drug-likeness (QED) is 0.540. The van der Waals surface area contributed by atoms with Crippen LogP contribution in [0.1, 0.15) is 5.69 Å². The summed E-state index contributed by atoms with van der Waals surface area (Å²) in [6, 6.07) is 9.14. The van der Waals surface area contributed by atoms with Gasteiger partial charge in [-0.2, -0.15) is 11.8 Å². The molecule has 11 heteroatoms. The molecule has 4 amide bonds. The summed E-state index contributed by atoms with van der Waals surface area (Å²) >= 11 is 1.72. The zero-order chi connectivity index (χ0) is 23.0. The summed E-state index contributed by atoms with van der Waals surface area (Å²) in [4.78, 5) is 37.1. The van der Waals surface area contributed by atoms with Crippen LogP contribution in [0, 0.1) is 0 Å². The molecule has 1 aromatic carbocycles. The number of nitrogens with zero attached hydrogens (tertiary/aromatic N) is 4. The predicted octanol–water partition coefficient (Wildman–Crippen LogP) is 1.99. The van der Waals surface area contributed by atoms with Gasteiger partial charge in [-0.3, -0.25) is 0 Å². The van der Waals surface area contributed by atoms with Crippen LogP contribution in [0.25, 0.3) is 11.4 Å². The fraction of sp³-hybridized carbons (Fsp3) is 0.455. The van der Waals surface area contributed by atoms with Gasteiger partial charge in [0.05, 0.1) is 18.9 Å². The van der Waals surface area contributed by atoms with Crippen molar-refractivity contribution in [3.63, 3.8) is 0 Å². The van der Waals surface area contributed by atoms with Crippen molar-refractivity contribution in [2.45, 2.75) is 5.75 Å². The van der Waals surface area contributed by atoms with Crippen LogP contribution in [0.4, 0.5) is 21.1 Å². The minimum atomic E-state index is -0.310. The van der Waals surface area contributed by atoms with Gasteiger partial charge in [0.1, 0.15) is 5.82 Å². The van der Waals surface area contributed by atoms with E-state index in [4.69, 9.17) is 14.7 Å². The molecule has 3 heterocycles. The minimum Gasteiger partial charge on any atom is -0.378 e. The number of aromatic nitrogens is 2. The molecular formula is C22H29N7O3S. The second-order valence-corrected chi connectivity index (χ2v) is 8.62. The van der Waals surface area contributed by atoms with Gasteiger partial charge in [-0.05, 0) is 30.5 Å². The van der Waals surface area contributed by atoms with Crippen molar-refractivity contribution in [1.82, 2.24) is 25.5 Å². The third-order valence-electron chi connectivity index (χ3n) is 5.41. The van der Waals surface area contributed by atoms with E-state index < -0.39 is 0 Å². The summed E-state index contributed by atoms with van der Waals surface area (Å²) in [6.45, 7) is 5.21. The number of rotatable bonds is 8. The number of urea groups is 2. The van der Waals surface area contributed by atoms with E-state index >= 15 is 0 Å². The number of benzene rings is 1. The number of hydrogen-bond acceptors (Lipinski definition) is 7. The number of anilines is 2. The molecule has 0 spiro atoms. The van der Waals surface area contributed by atoms with Gasteiger partial charge in [0.15, 0.2) is 5.82 Å². The van der Waals surface area contributed by atoms with Crippen LogP contribution in [0.3, 0.4) is 0 Å². The number of carbonyl (C=O) groups is 2. The molecule has 3 N–H and O–H groups in total. The maximum atomic E-state index is 12.2. The highest BCUT2D eigenvalue weighted by Crippen LogP contribution is 2.24. The van der Waals surface area contributed by atoms with Crippen molar-refractivity contribution < 1.29 is 14.3 Å². The standard InChI is InChI=1S/C22H29N7O3S/c1-33-15-18-14-19(28-10-12-32-13-11-28)27-20(25-18)16-2-4-17(5-3-16)26-21(30)23-6-8-29-9-7-24-22(29)31/h2-5,14H,6-13,15H2,1H3,(H,24,31)(H2,23,26,30). The molecule has 0 radical (unpaired) electrons. The Hall–Kier alpha value is -3.05. The Bertz CT molecular complexity index is 967. The first kappa shape index (κ1) is 23.1. The summed E-state index contributed by atoms with van der Waals surface area (Å²) in [5, 5.41) is 8.33. The molecule has 0 bridgehead atoms. The summed E-state index contributed by atoms with van der Waals surface area (Å²) in [6.07, 6.45) is 2.06. The van der Waals surface area contributed by atoms with Crippen molar-refractivity contribution in [2.24, 2.45) is 0 Å². The molecule has 0 atom stereocenters. The Morgan fingerprint density at radius 2 is 1.97 bits per heavy atom. The van der Waals surface area contributed by atoms with E-state index in [0.29, 0.717) is 50.9 Å². The number of thioether (sulfide) groups is 1. The van der Waals surface area contributed by atoms with Gasteiger partial charge in [-0.15, -0.1) is 0 Å². The van der Waals surface area contributed by atoms with Crippen molar-refractivity contribution in [3.05, 3.63) is 36.0 Å². The number of carbonyl (C=O) groups excluding carboxylic acids is 2. The fourth-order valence-electron chi connectivity index (χ4n) is 3.70. The van der Waals surface area contributed by atoms with Crippen molar-refractivity contribution in [3.8, 4) is 11.4 Å². The highest BCUT2D eigenvalue weighted by molar-refractivity contribution is 7.97. The van der Waals surface area contributed by atoms with Gasteiger partial charge in [0.25, 0.3) is 0 Å². The lowest BCUT2D eigenvalue weighted by atomic mass is 10.2. The lowest BCUT2D eigenvalue weighted by Crippen LogP contribution is -2.38. The monoisotopic (exact) mass is 471 g/mol. The first-order chi connectivity index (χ1) is 16.1. The number of ether oxygens (including phenoxy) is 1. The molecule has 176 valence electrons. The Balaban J connectivity index is 1.38. The number of nitrogens with one attached hydrogen (secondary N) is 3. The highest BCUT2D eigenvalue weighted by Gasteiger charge is 2.19. The molecule has 2 aliphatic heterocycles. The van der Waals surface area contributed by atoms with Crippen molar-refractivity contribution >= 4 is 35.3 Å². The van der Waals surface area contributed by atoms with Gasteiger partial charge in [-0.25, -0.2) is 19.6 Å². The van der Waals surface area contributed by atoms with E-state index in [1.807, 2.05) is 24.3 Å². The first-order valence-electron chi connectivity index (χ1n) is 11.0. The average molecular weight is 472 g/mol. The summed E-state index contributed by atoms with van der Waals surface area (Å²) in [7, 11) is 0. The number of morpholine rings is 1. The second kappa shape index (κ2) is 11.2. The highest BCUT2D eigenvalue weighted by atomic mass is 32.2. The van der Waals surface area contributed by atoms with E-state index in [-0.39, 0.29) is 12.1 Å². The second-order valence-electron chi connectivity index (χ2n) is 7.75. The first-order valence-corrected chi connectivity index (χ1v) is 12.4. The zero-order valence-electron chi connectivity index (χ0n) is 18.7. The lowest BCUT2D eigenvalue weighted by molar-refractivity contribution is 0.122. The van der Waals surface area contributed by atoms with Gasteiger partial charge in [0, 0.05) is 62.3 Å². The van der Waals surface area contributed by atoms with E-state index in [9.17, 15) is 9.59 Å². The van der Waals surface area contributed by atoms with Crippen LogP contribution < -0.4 is 20.9 Å². The van der Waals surface area contributed by atoms with Crippen LogP contribution in [-0.2, 0) is 10.5 Å². The fourth-order valence-corrected chi connectivity index (χ4v) is 4.14. The van der Waals surface area contributed by atoms with E-state index in [2.05, 4.69) is 33.2 Å². The van der Waals surface area contributed by atoms with Crippen LogP contribution in [-0.4, -0.2) is 85.7 Å².